The summed E-state index contributed by atoms with van der Waals surface area (Å²) in [6.07, 6.45) is 0. The van der Waals surface area contributed by atoms with E-state index in [0.29, 0.717) is 10.8 Å². The van der Waals surface area contributed by atoms with E-state index in [0.717, 1.165) is 32.2 Å². The summed E-state index contributed by atoms with van der Waals surface area (Å²) in [6, 6.07) is 19.6. The monoisotopic (exact) mass is 452 g/mol. The molecule has 0 amide bonds. The first kappa shape index (κ1) is 17.1. The molecule has 0 fully saturated rings. The molecule has 7 nitrogen and oxygen atoms in total. The average molecular weight is 453 g/mol. The summed E-state index contributed by atoms with van der Waals surface area (Å²) in [5, 5.41) is 21.2. The van der Waals surface area contributed by atoms with E-state index in [4.69, 9.17) is 4.74 Å². The van der Waals surface area contributed by atoms with Crippen LogP contribution >= 0.6 is 27.3 Å². The lowest BCUT2D eigenvalue weighted by Gasteiger charge is -2.03. The van der Waals surface area contributed by atoms with Gasteiger partial charge in [-0.1, -0.05) is 57.6 Å². The largest absolute Gasteiger partial charge is 0.486 e. The maximum Gasteiger partial charge on any atom is 0.235 e. The molecule has 5 rings (SSSR count). The number of fused-ring (bicyclic) bond motifs is 1. The number of aromatic amines is 1. The highest BCUT2D eigenvalue weighted by Gasteiger charge is 2.15. The van der Waals surface area contributed by atoms with Gasteiger partial charge >= 0.3 is 0 Å². The second-order valence-electron chi connectivity index (χ2n) is 5.99. The Morgan fingerprint density at radius 1 is 1.04 bits per heavy atom. The van der Waals surface area contributed by atoms with Crippen LogP contribution in [0.15, 0.2) is 65.1 Å². The lowest BCUT2D eigenvalue weighted by molar-refractivity contribution is 0.293. The normalized spacial score (nSPS) is 11.2. The topological polar surface area (TPSA) is 81.0 Å². The summed E-state index contributed by atoms with van der Waals surface area (Å²) < 4.78 is 8.50. The van der Waals surface area contributed by atoms with Crippen molar-refractivity contribution in [3.63, 3.8) is 0 Å². The van der Waals surface area contributed by atoms with Crippen LogP contribution < -0.4 is 4.74 Å². The first-order chi connectivity index (χ1) is 13.8. The number of H-pyrrole nitrogens is 1. The molecule has 0 spiro atoms. The summed E-state index contributed by atoms with van der Waals surface area (Å²) >= 11 is 4.86. The highest BCUT2D eigenvalue weighted by molar-refractivity contribution is 9.10. The van der Waals surface area contributed by atoms with Gasteiger partial charge in [0.2, 0.25) is 4.96 Å². The Kier molecular flexibility index (Phi) is 4.38. The summed E-state index contributed by atoms with van der Waals surface area (Å²) in [7, 11) is 0. The second-order valence-corrected chi connectivity index (χ2v) is 7.86. The van der Waals surface area contributed by atoms with Gasteiger partial charge in [0.15, 0.2) is 10.8 Å². The van der Waals surface area contributed by atoms with Crippen molar-refractivity contribution in [1.29, 1.82) is 0 Å². The maximum absolute atomic E-state index is 5.79. The molecule has 0 aliphatic carbocycles. The molecule has 1 N–H and O–H groups in total. The second kappa shape index (κ2) is 7.17. The minimum atomic E-state index is 0.282. The third-order valence-corrected chi connectivity index (χ3v) is 5.58. The highest BCUT2D eigenvalue weighted by Crippen LogP contribution is 2.27. The van der Waals surface area contributed by atoms with Crippen molar-refractivity contribution in [2.45, 2.75) is 6.61 Å². The first-order valence-electron chi connectivity index (χ1n) is 8.47. The average Bonchev–Trinajstić information content (AvgIpc) is 3.44. The van der Waals surface area contributed by atoms with E-state index >= 15 is 0 Å². The van der Waals surface area contributed by atoms with Crippen molar-refractivity contribution >= 4 is 32.2 Å². The SMILES string of the molecule is Brc1ccc(OCc2nnc3sc(-c4cc(-c5ccccc5)n[nH]4)nn23)cc1. The van der Waals surface area contributed by atoms with Gasteiger partial charge in [-0.25, -0.2) is 0 Å². The molecule has 0 aliphatic rings. The van der Waals surface area contributed by atoms with Crippen LogP contribution in [-0.4, -0.2) is 30.0 Å². The van der Waals surface area contributed by atoms with Crippen LogP contribution in [0.5, 0.6) is 5.75 Å². The Morgan fingerprint density at radius 2 is 1.86 bits per heavy atom. The van der Waals surface area contributed by atoms with Crippen LogP contribution in [0.25, 0.3) is 26.9 Å². The molecule has 0 saturated carbocycles. The number of halogens is 1. The van der Waals surface area contributed by atoms with Crippen LogP contribution in [0, 0.1) is 0 Å². The lowest BCUT2D eigenvalue weighted by Crippen LogP contribution is -2.02. The van der Waals surface area contributed by atoms with E-state index in [1.54, 1.807) is 4.52 Å². The summed E-state index contributed by atoms with van der Waals surface area (Å²) in [6.45, 7) is 0.282. The molecule has 5 aromatic rings. The first-order valence-corrected chi connectivity index (χ1v) is 10.1. The smallest absolute Gasteiger partial charge is 0.235 e. The van der Waals surface area contributed by atoms with Gasteiger partial charge in [-0.15, -0.1) is 10.2 Å². The maximum atomic E-state index is 5.79. The number of rotatable bonds is 5. The zero-order valence-corrected chi connectivity index (χ0v) is 16.8. The van der Waals surface area contributed by atoms with Crippen LogP contribution in [0.4, 0.5) is 0 Å². The van der Waals surface area contributed by atoms with E-state index in [2.05, 4.69) is 41.4 Å². The van der Waals surface area contributed by atoms with E-state index in [1.807, 2.05) is 60.7 Å². The summed E-state index contributed by atoms with van der Waals surface area (Å²) in [5.74, 6) is 1.40. The van der Waals surface area contributed by atoms with Gasteiger partial charge in [-0.2, -0.15) is 14.7 Å². The number of nitrogens with zero attached hydrogens (tertiary/aromatic N) is 5. The van der Waals surface area contributed by atoms with E-state index in [-0.39, 0.29) is 6.61 Å². The molecule has 9 heteroatoms. The number of nitrogens with one attached hydrogen (secondary N) is 1. The van der Waals surface area contributed by atoms with Gasteiger partial charge in [-0.3, -0.25) is 5.10 Å². The van der Waals surface area contributed by atoms with Gasteiger partial charge < -0.3 is 4.74 Å². The molecule has 0 atom stereocenters. The zero-order valence-electron chi connectivity index (χ0n) is 14.4. The Bertz CT molecular complexity index is 1230. The number of aromatic nitrogens is 6. The van der Waals surface area contributed by atoms with Crippen LogP contribution in [-0.2, 0) is 6.61 Å². The fraction of sp³-hybridized carbons (Fsp3) is 0.0526. The van der Waals surface area contributed by atoms with Gasteiger partial charge in [-0.05, 0) is 30.3 Å². The van der Waals surface area contributed by atoms with Crippen molar-refractivity contribution in [1.82, 2.24) is 30.0 Å². The predicted molar refractivity (Wildman–Crippen MR) is 110 cm³/mol. The van der Waals surface area contributed by atoms with Gasteiger partial charge in [0.25, 0.3) is 0 Å². The number of benzene rings is 2. The molecular weight excluding hydrogens is 440 g/mol. The van der Waals surface area contributed by atoms with E-state index in [1.165, 1.54) is 11.3 Å². The Balaban J connectivity index is 1.39. The molecule has 0 unspecified atom stereocenters. The summed E-state index contributed by atoms with van der Waals surface area (Å²) in [5.41, 5.74) is 2.77. The lowest BCUT2D eigenvalue weighted by atomic mass is 10.1. The Labute approximate surface area is 172 Å². The van der Waals surface area contributed by atoms with E-state index in [9.17, 15) is 0 Å². The molecule has 3 aromatic heterocycles. The molecule has 0 bridgehead atoms. The van der Waals surface area contributed by atoms with Crippen molar-refractivity contribution in [3.05, 3.63) is 71.0 Å². The zero-order chi connectivity index (χ0) is 18.9. The quantitative estimate of drug-likeness (QED) is 0.421. The Morgan fingerprint density at radius 3 is 2.68 bits per heavy atom. The molecule has 0 aliphatic heterocycles. The van der Waals surface area contributed by atoms with Crippen LogP contribution in [0.2, 0.25) is 0 Å². The van der Waals surface area contributed by atoms with Crippen LogP contribution in [0.3, 0.4) is 0 Å². The van der Waals surface area contributed by atoms with E-state index < -0.39 is 0 Å². The number of hydrogen-bond acceptors (Lipinski definition) is 6. The van der Waals surface area contributed by atoms with Crippen molar-refractivity contribution in [2.75, 3.05) is 0 Å². The predicted octanol–water partition coefficient (Wildman–Crippen LogP) is 4.58. The summed E-state index contributed by atoms with van der Waals surface area (Å²) in [4.78, 5) is 0.709. The molecule has 0 saturated heterocycles. The minimum Gasteiger partial charge on any atom is -0.486 e. The molecule has 28 heavy (non-hydrogen) atoms. The van der Waals surface area contributed by atoms with Crippen molar-refractivity contribution in [3.8, 4) is 27.7 Å². The number of hydrogen-bond donors (Lipinski definition) is 1. The van der Waals surface area contributed by atoms with Crippen molar-refractivity contribution in [2.24, 2.45) is 0 Å². The minimum absolute atomic E-state index is 0.282. The van der Waals surface area contributed by atoms with Gasteiger partial charge in [0.1, 0.15) is 12.4 Å². The number of ether oxygens (including phenoxy) is 1. The van der Waals surface area contributed by atoms with Gasteiger partial charge in [0.05, 0.1) is 11.4 Å². The van der Waals surface area contributed by atoms with Crippen LogP contribution in [0.1, 0.15) is 5.82 Å². The standard InChI is InChI=1S/C19H13BrN6OS/c20-13-6-8-14(9-7-13)27-11-17-23-24-19-26(17)25-18(28-19)16-10-15(21-22-16)12-4-2-1-3-5-12/h1-10H,11H2,(H,21,22). The molecule has 0 radical (unpaired) electrons. The third kappa shape index (κ3) is 3.30. The third-order valence-electron chi connectivity index (χ3n) is 4.11. The molecular formula is C19H13BrN6OS. The highest BCUT2D eigenvalue weighted by atomic mass is 79.9. The fourth-order valence-electron chi connectivity index (χ4n) is 2.72. The fourth-order valence-corrected chi connectivity index (χ4v) is 3.81. The Hall–Kier alpha value is -3.04. The van der Waals surface area contributed by atoms with Gasteiger partial charge in [0, 0.05) is 10.0 Å². The molecule has 2 aromatic carbocycles. The molecule has 138 valence electrons. The van der Waals surface area contributed by atoms with Crippen molar-refractivity contribution < 1.29 is 4.74 Å². The molecule has 3 heterocycles.